The molecule has 20 heavy (non-hydrogen) atoms. The van der Waals surface area contributed by atoms with Crippen molar-refractivity contribution in [3.63, 3.8) is 0 Å². The van der Waals surface area contributed by atoms with Crippen molar-refractivity contribution >= 4 is 7.25 Å². The summed E-state index contributed by atoms with van der Waals surface area (Å²) in [4.78, 5) is 0. The fourth-order valence-electron chi connectivity index (χ4n) is 1.91. The largest absolute Gasteiger partial charge is 1.00 e. The van der Waals surface area contributed by atoms with E-state index in [0.29, 0.717) is 0 Å². The van der Waals surface area contributed by atoms with E-state index in [1.54, 1.807) is 0 Å². The molecule has 0 saturated carbocycles. The number of hydrogen-bond donors (Lipinski definition) is 0. The fourth-order valence-corrected chi connectivity index (χ4v) is 1.91. The first-order valence-electron chi connectivity index (χ1n) is 7.79. The van der Waals surface area contributed by atoms with Gasteiger partial charge in [-0.3, -0.25) is 0 Å². The van der Waals surface area contributed by atoms with E-state index in [9.17, 15) is 17.3 Å². The Balaban J connectivity index is -0.000000179. The SMILES string of the molecule is CCCCCCCCCCCCCC.F[B-](F)(F)F.[H+].[Mn]. The summed E-state index contributed by atoms with van der Waals surface area (Å²) in [6.07, 6.45) is 17.4. The molecule has 0 amide bonds. The minimum atomic E-state index is -6.00. The zero-order valence-corrected chi connectivity index (χ0v) is 14.1. The topological polar surface area (TPSA) is 0 Å². The first-order chi connectivity index (χ1) is 8.91. The Morgan fingerprint density at radius 2 is 0.700 bits per heavy atom. The molecule has 0 aliphatic carbocycles. The quantitative estimate of drug-likeness (QED) is 0.213. The number of hydrogen-bond acceptors (Lipinski definition) is 0. The zero-order chi connectivity index (χ0) is 15.0. The molecule has 0 N–H and O–H groups in total. The summed E-state index contributed by atoms with van der Waals surface area (Å²) >= 11 is 0. The van der Waals surface area contributed by atoms with Gasteiger partial charge in [-0.15, -0.1) is 0 Å². The molecule has 0 aromatic rings. The van der Waals surface area contributed by atoms with Crippen LogP contribution in [0.15, 0.2) is 0 Å². The molecule has 0 nitrogen and oxygen atoms in total. The smallest absolute Gasteiger partial charge is 0.418 e. The Kier molecular flexibility index (Phi) is 24.4. The summed E-state index contributed by atoms with van der Waals surface area (Å²) in [6, 6.07) is 0. The number of halogens is 4. The minimum absolute atomic E-state index is 0. The van der Waals surface area contributed by atoms with Crippen LogP contribution in [0, 0.1) is 0 Å². The first kappa shape index (κ1) is 25.3. The summed E-state index contributed by atoms with van der Waals surface area (Å²) in [6.45, 7) is 4.57. The second kappa shape index (κ2) is 19.3. The molecule has 125 valence electrons. The van der Waals surface area contributed by atoms with Crippen LogP contribution in [-0.2, 0) is 17.1 Å². The molecule has 0 heterocycles. The third-order valence-electron chi connectivity index (χ3n) is 2.96. The molecule has 0 fully saturated rings. The van der Waals surface area contributed by atoms with Crippen LogP contribution >= 0.6 is 0 Å². The molecule has 1 radical (unpaired) electrons. The fraction of sp³-hybridized carbons (Fsp3) is 1.00. The molecule has 0 bridgehead atoms. The van der Waals surface area contributed by atoms with Crippen LogP contribution in [0.25, 0.3) is 0 Å². The second-order valence-corrected chi connectivity index (χ2v) is 5.03. The van der Waals surface area contributed by atoms with Crippen LogP contribution in [0.1, 0.15) is 92.3 Å². The van der Waals surface area contributed by atoms with Gasteiger partial charge in [0.25, 0.3) is 0 Å². The van der Waals surface area contributed by atoms with Crippen molar-refractivity contribution in [2.24, 2.45) is 0 Å². The molecule has 0 atom stereocenters. The van der Waals surface area contributed by atoms with Gasteiger partial charge in [0, 0.05) is 17.1 Å². The monoisotopic (exact) mass is 341 g/mol. The molecular formula is C14H31BF4Mn. The van der Waals surface area contributed by atoms with E-state index in [4.69, 9.17) is 0 Å². The van der Waals surface area contributed by atoms with Crippen molar-refractivity contribution in [1.29, 1.82) is 0 Å². The molecular weight excluding hydrogens is 310 g/mol. The van der Waals surface area contributed by atoms with Crippen molar-refractivity contribution in [1.82, 2.24) is 0 Å². The van der Waals surface area contributed by atoms with E-state index in [1.807, 2.05) is 0 Å². The van der Waals surface area contributed by atoms with Crippen molar-refractivity contribution < 1.29 is 35.8 Å². The van der Waals surface area contributed by atoms with Gasteiger partial charge >= 0.3 is 8.68 Å². The third-order valence-corrected chi connectivity index (χ3v) is 2.96. The predicted octanol–water partition coefficient (Wildman–Crippen LogP) is 7.12. The first-order valence-corrected chi connectivity index (χ1v) is 7.79. The maximum atomic E-state index is 9.75. The van der Waals surface area contributed by atoms with E-state index in [0.717, 1.165) is 0 Å². The summed E-state index contributed by atoms with van der Waals surface area (Å²) in [5, 5.41) is 0. The Morgan fingerprint density at radius 3 is 0.850 bits per heavy atom. The van der Waals surface area contributed by atoms with Crippen molar-refractivity contribution in [3.8, 4) is 0 Å². The van der Waals surface area contributed by atoms with Gasteiger partial charge in [0.05, 0.1) is 0 Å². The minimum Gasteiger partial charge on any atom is -0.418 e. The van der Waals surface area contributed by atoms with Crippen LogP contribution in [0.5, 0.6) is 0 Å². The van der Waals surface area contributed by atoms with Gasteiger partial charge in [0.1, 0.15) is 0 Å². The van der Waals surface area contributed by atoms with Gasteiger partial charge in [-0.25, -0.2) is 0 Å². The van der Waals surface area contributed by atoms with E-state index in [2.05, 4.69) is 13.8 Å². The second-order valence-electron chi connectivity index (χ2n) is 5.03. The van der Waals surface area contributed by atoms with Crippen LogP contribution in [0.3, 0.4) is 0 Å². The average molecular weight is 341 g/mol. The van der Waals surface area contributed by atoms with E-state index in [-0.39, 0.29) is 18.5 Å². The molecule has 6 heteroatoms. The Morgan fingerprint density at radius 1 is 0.550 bits per heavy atom. The van der Waals surface area contributed by atoms with Gasteiger partial charge in [0.15, 0.2) is 0 Å². The molecule has 0 aliphatic heterocycles. The van der Waals surface area contributed by atoms with Gasteiger partial charge < -0.3 is 17.3 Å². The van der Waals surface area contributed by atoms with E-state index in [1.165, 1.54) is 77.0 Å². The number of rotatable bonds is 11. The van der Waals surface area contributed by atoms with Crippen molar-refractivity contribution in [2.75, 3.05) is 0 Å². The van der Waals surface area contributed by atoms with E-state index >= 15 is 0 Å². The maximum Gasteiger partial charge on any atom is 1.00 e. The van der Waals surface area contributed by atoms with Gasteiger partial charge in [0.2, 0.25) is 0 Å². The summed E-state index contributed by atoms with van der Waals surface area (Å²) in [7, 11) is -6.00. The van der Waals surface area contributed by atoms with Crippen LogP contribution < -0.4 is 0 Å². The van der Waals surface area contributed by atoms with Gasteiger partial charge in [-0.2, -0.15) is 0 Å². The van der Waals surface area contributed by atoms with Crippen LogP contribution in [0.4, 0.5) is 17.3 Å². The molecule has 0 rings (SSSR count). The van der Waals surface area contributed by atoms with Crippen molar-refractivity contribution in [3.05, 3.63) is 0 Å². The van der Waals surface area contributed by atoms with Crippen LogP contribution in [-0.4, -0.2) is 7.25 Å². The molecule has 0 aliphatic rings. The van der Waals surface area contributed by atoms with Crippen molar-refractivity contribution in [2.45, 2.75) is 90.9 Å². The summed E-state index contributed by atoms with van der Waals surface area (Å²) < 4.78 is 39.0. The van der Waals surface area contributed by atoms with Gasteiger partial charge in [-0.1, -0.05) is 90.9 Å². The molecule has 0 unspecified atom stereocenters. The maximum absolute atomic E-state index is 9.75. The van der Waals surface area contributed by atoms with Gasteiger partial charge in [-0.05, 0) is 0 Å². The number of unbranched alkanes of at least 4 members (excludes halogenated alkanes) is 11. The molecule has 0 saturated heterocycles. The standard InChI is InChI=1S/C14H30.BF4.Mn/c1-3-5-7-9-11-13-14-12-10-8-6-4-2;2-1(3,4)5;/h3-14H2,1-2H3;;/q;-1;/p+1. The van der Waals surface area contributed by atoms with Crippen LogP contribution in [0.2, 0.25) is 0 Å². The Bertz CT molecular complexity index is 154. The average Bonchev–Trinajstić information content (AvgIpc) is 2.29. The van der Waals surface area contributed by atoms with E-state index < -0.39 is 7.25 Å². The molecule has 0 aromatic carbocycles. The molecule has 0 aromatic heterocycles. The predicted molar refractivity (Wildman–Crippen MR) is 78.1 cm³/mol. The Hall–Kier alpha value is 0.304. The third kappa shape index (κ3) is 42.9. The normalized spacial score (nSPS) is 10.5. The zero-order valence-electron chi connectivity index (χ0n) is 14.0. The summed E-state index contributed by atoms with van der Waals surface area (Å²) in [5.74, 6) is 0. The Labute approximate surface area is 134 Å². The summed E-state index contributed by atoms with van der Waals surface area (Å²) in [5.41, 5.74) is 0. The molecule has 0 spiro atoms.